The van der Waals surface area contributed by atoms with Gasteiger partial charge in [-0.05, 0) is 30.2 Å². The summed E-state index contributed by atoms with van der Waals surface area (Å²) in [6.45, 7) is 0.555. The van der Waals surface area contributed by atoms with E-state index in [0.717, 1.165) is 6.42 Å². The van der Waals surface area contributed by atoms with Crippen molar-refractivity contribution in [1.82, 2.24) is 5.32 Å². The van der Waals surface area contributed by atoms with Crippen LogP contribution in [0.15, 0.2) is 53.5 Å². The minimum atomic E-state index is -0.559. The summed E-state index contributed by atoms with van der Waals surface area (Å²) in [5.41, 5.74) is 1.55. The molecule has 2 aromatic rings. The summed E-state index contributed by atoms with van der Waals surface area (Å²) in [6.07, 6.45) is 0.764. The highest BCUT2D eigenvalue weighted by molar-refractivity contribution is 8.15. The van der Waals surface area contributed by atoms with Gasteiger partial charge >= 0.3 is 0 Å². The van der Waals surface area contributed by atoms with E-state index in [1.807, 2.05) is 30.3 Å². The van der Waals surface area contributed by atoms with Gasteiger partial charge in [0.2, 0.25) is 11.8 Å². The highest BCUT2D eigenvalue weighted by atomic mass is 35.5. The van der Waals surface area contributed by atoms with Gasteiger partial charge in [-0.1, -0.05) is 53.7 Å². The number of thioether (sulfide) groups is 1. The van der Waals surface area contributed by atoms with Crippen LogP contribution in [0.2, 0.25) is 5.02 Å². The van der Waals surface area contributed by atoms with Crippen LogP contribution in [0.3, 0.4) is 0 Å². The van der Waals surface area contributed by atoms with Gasteiger partial charge in [-0.2, -0.15) is 0 Å². The molecular formula is C19H17ClFN3O2S. The SMILES string of the molecule is O=C(C[C@@H]1SC(=NCCc2ccccc2)NC1=O)Nc1ccc(F)c(Cl)c1. The van der Waals surface area contributed by atoms with Gasteiger partial charge in [0.05, 0.1) is 5.02 Å². The molecule has 140 valence electrons. The number of carbonyl (C=O) groups excluding carboxylic acids is 2. The Hall–Kier alpha value is -2.38. The Morgan fingerprint density at radius 2 is 2.04 bits per heavy atom. The third-order valence-corrected chi connectivity index (χ3v) is 5.26. The Morgan fingerprint density at radius 1 is 1.26 bits per heavy atom. The van der Waals surface area contributed by atoms with Gasteiger partial charge in [-0.25, -0.2) is 4.39 Å². The lowest BCUT2D eigenvalue weighted by molar-refractivity contribution is -0.122. The molecule has 2 amide bonds. The first-order chi connectivity index (χ1) is 13.0. The highest BCUT2D eigenvalue weighted by Gasteiger charge is 2.31. The molecule has 8 heteroatoms. The molecule has 0 aromatic heterocycles. The smallest absolute Gasteiger partial charge is 0.240 e. The van der Waals surface area contributed by atoms with Crippen molar-refractivity contribution < 1.29 is 14.0 Å². The van der Waals surface area contributed by atoms with Crippen LogP contribution in [0.5, 0.6) is 0 Å². The molecule has 2 aromatic carbocycles. The zero-order chi connectivity index (χ0) is 19.2. The summed E-state index contributed by atoms with van der Waals surface area (Å²) in [7, 11) is 0. The normalized spacial score (nSPS) is 17.8. The zero-order valence-electron chi connectivity index (χ0n) is 14.2. The molecule has 1 aliphatic rings. The Balaban J connectivity index is 1.50. The number of amides is 2. The number of hydrogen-bond acceptors (Lipinski definition) is 4. The number of aliphatic imine (C=N–C) groups is 1. The maximum atomic E-state index is 13.2. The van der Waals surface area contributed by atoms with Gasteiger partial charge in [0.25, 0.3) is 0 Å². The van der Waals surface area contributed by atoms with Crippen LogP contribution < -0.4 is 10.6 Å². The Bertz CT molecular complexity index is 877. The van der Waals surface area contributed by atoms with Crippen molar-refractivity contribution in [2.24, 2.45) is 4.99 Å². The number of anilines is 1. The maximum absolute atomic E-state index is 13.2. The van der Waals surface area contributed by atoms with E-state index in [1.54, 1.807) is 0 Å². The second kappa shape index (κ2) is 9.01. The van der Waals surface area contributed by atoms with Crippen LogP contribution in [-0.2, 0) is 16.0 Å². The third kappa shape index (κ3) is 5.55. The van der Waals surface area contributed by atoms with Crippen molar-refractivity contribution in [1.29, 1.82) is 0 Å². The summed E-state index contributed by atoms with van der Waals surface area (Å²) in [4.78, 5) is 28.6. The Labute approximate surface area is 165 Å². The molecule has 1 atom stereocenters. The zero-order valence-corrected chi connectivity index (χ0v) is 15.8. The number of carbonyl (C=O) groups is 2. The average Bonchev–Trinajstić information content (AvgIpc) is 2.98. The van der Waals surface area contributed by atoms with E-state index in [4.69, 9.17) is 11.6 Å². The average molecular weight is 406 g/mol. The van der Waals surface area contributed by atoms with E-state index in [9.17, 15) is 14.0 Å². The molecule has 1 fully saturated rings. The predicted molar refractivity (Wildman–Crippen MR) is 107 cm³/mol. The van der Waals surface area contributed by atoms with Gasteiger partial charge in [-0.15, -0.1) is 0 Å². The summed E-state index contributed by atoms with van der Waals surface area (Å²) < 4.78 is 13.2. The van der Waals surface area contributed by atoms with E-state index in [1.165, 1.54) is 35.5 Å². The van der Waals surface area contributed by atoms with E-state index in [0.29, 0.717) is 17.4 Å². The molecule has 0 spiro atoms. The number of amidine groups is 1. The molecule has 1 saturated heterocycles. The number of halogens is 2. The first-order valence-corrected chi connectivity index (χ1v) is 9.58. The molecule has 0 saturated carbocycles. The number of nitrogens with one attached hydrogen (secondary N) is 2. The molecular weight excluding hydrogens is 389 g/mol. The number of nitrogens with zero attached hydrogens (tertiary/aromatic N) is 1. The third-order valence-electron chi connectivity index (χ3n) is 3.85. The standard InChI is InChI=1S/C19H17ClFN3O2S/c20-14-10-13(6-7-15(14)21)23-17(25)11-16-18(26)24-19(27-16)22-9-8-12-4-2-1-3-5-12/h1-7,10,16H,8-9,11H2,(H,23,25)(H,22,24,26)/t16-/m0/s1. The molecule has 3 rings (SSSR count). The predicted octanol–water partition coefficient (Wildman–Crippen LogP) is 3.64. The minimum Gasteiger partial charge on any atom is -0.326 e. The van der Waals surface area contributed by atoms with E-state index >= 15 is 0 Å². The van der Waals surface area contributed by atoms with Gasteiger partial charge in [0.15, 0.2) is 5.17 Å². The quantitative estimate of drug-likeness (QED) is 0.770. The topological polar surface area (TPSA) is 70.6 Å². The van der Waals surface area contributed by atoms with E-state index < -0.39 is 11.1 Å². The van der Waals surface area contributed by atoms with Gasteiger partial charge in [0.1, 0.15) is 11.1 Å². The number of rotatable bonds is 6. The Morgan fingerprint density at radius 3 is 2.78 bits per heavy atom. The van der Waals surface area contributed by atoms with Gasteiger partial charge < -0.3 is 10.6 Å². The molecule has 0 aliphatic carbocycles. The van der Waals surface area contributed by atoms with E-state index in [2.05, 4.69) is 15.6 Å². The summed E-state index contributed by atoms with van der Waals surface area (Å²) >= 11 is 6.93. The van der Waals surface area contributed by atoms with E-state index in [-0.39, 0.29) is 23.3 Å². The van der Waals surface area contributed by atoms with Gasteiger partial charge in [0, 0.05) is 18.7 Å². The molecule has 5 nitrogen and oxygen atoms in total. The summed E-state index contributed by atoms with van der Waals surface area (Å²) in [5, 5.41) is 5.22. The summed E-state index contributed by atoms with van der Waals surface area (Å²) in [5.74, 6) is -1.15. The van der Waals surface area contributed by atoms with Gasteiger partial charge in [-0.3, -0.25) is 14.6 Å². The largest absolute Gasteiger partial charge is 0.326 e. The fraction of sp³-hybridized carbons (Fsp3) is 0.211. The first kappa shape index (κ1) is 19.4. The number of benzene rings is 2. The summed E-state index contributed by atoms with van der Waals surface area (Å²) in [6, 6.07) is 13.9. The lowest BCUT2D eigenvalue weighted by Crippen LogP contribution is -2.28. The maximum Gasteiger partial charge on any atom is 0.240 e. The number of hydrogen-bond donors (Lipinski definition) is 2. The van der Waals surface area contributed by atoms with Crippen LogP contribution in [0, 0.1) is 5.82 Å². The molecule has 2 N–H and O–H groups in total. The lowest BCUT2D eigenvalue weighted by atomic mass is 10.2. The van der Waals surface area contributed by atoms with Crippen molar-refractivity contribution in [2.45, 2.75) is 18.1 Å². The fourth-order valence-electron chi connectivity index (χ4n) is 2.50. The van der Waals surface area contributed by atoms with Crippen LogP contribution >= 0.6 is 23.4 Å². The van der Waals surface area contributed by atoms with Crippen molar-refractivity contribution in [2.75, 3.05) is 11.9 Å². The molecule has 0 unspecified atom stereocenters. The van der Waals surface area contributed by atoms with Crippen molar-refractivity contribution in [3.05, 3.63) is 64.9 Å². The van der Waals surface area contributed by atoms with Crippen molar-refractivity contribution in [3.8, 4) is 0 Å². The molecule has 1 aliphatic heterocycles. The van der Waals surface area contributed by atoms with Crippen molar-refractivity contribution >= 4 is 46.0 Å². The van der Waals surface area contributed by atoms with Crippen molar-refractivity contribution in [3.63, 3.8) is 0 Å². The molecule has 0 radical (unpaired) electrons. The second-order valence-electron chi connectivity index (χ2n) is 5.90. The van der Waals surface area contributed by atoms with Crippen LogP contribution in [0.1, 0.15) is 12.0 Å². The van der Waals surface area contributed by atoms with Crippen LogP contribution in [0.4, 0.5) is 10.1 Å². The lowest BCUT2D eigenvalue weighted by Gasteiger charge is -2.08. The second-order valence-corrected chi connectivity index (χ2v) is 7.50. The monoisotopic (exact) mass is 405 g/mol. The minimum absolute atomic E-state index is 0.0107. The molecule has 0 bridgehead atoms. The fourth-order valence-corrected chi connectivity index (χ4v) is 3.68. The molecule has 1 heterocycles. The highest BCUT2D eigenvalue weighted by Crippen LogP contribution is 2.24. The van der Waals surface area contributed by atoms with Crippen LogP contribution in [0.25, 0.3) is 0 Å². The Kier molecular flexibility index (Phi) is 6.47. The molecule has 27 heavy (non-hydrogen) atoms. The van der Waals surface area contributed by atoms with Crippen LogP contribution in [-0.4, -0.2) is 28.8 Å². The first-order valence-electron chi connectivity index (χ1n) is 8.32.